The molecule has 1 rings (SSSR count). The Morgan fingerprint density at radius 2 is 2.11 bits per heavy atom. The number of hydrogen-bond acceptors (Lipinski definition) is 3. The standard InChI is InChI=1S/C14H28N2O2/c1-4-11(2)15-14(18)12(3)16-9-7-5-6-8-13(16)10-17/h11-13,17H,4-10H2,1-3H3,(H,15,18). The topological polar surface area (TPSA) is 52.6 Å². The Balaban J connectivity index is 2.60. The van der Waals surface area contributed by atoms with Gasteiger partial charge < -0.3 is 10.4 Å². The van der Waals surface area contributed by atoms with Gasteiger partial charge in [0.15, 0.2) is 0 Å². The normalized spacial score (nSPS) is 25.2. The van der Waals surface area contributed by atoms with E-state index in [4.69, 9.17) is 0 Å². The van der Waals surface area contributed by atoms with Crippen LogP contribution < -0.4 is 5.32 Å². The van der Waals surface area contributed by atoms with E-state index in [0.717, 1.165) is 32.2 Å². The summed E-state index contributed by atoms with van der Waals surface area (Å²) in [4.78, 5) is 14.3. The Morgan fingerprint density at radius 1 is 1.39 bits per heavy atom. The van der Waals surface area contributed by atoms with Crippen molar-refractivity contribution in [2.45, 2.75) is 71.0 Å². The van der Waals surface area contributed by atoms with Crippen molar-refractivity contribution in [3.8, 4) is 0 Å². The first-order valence-corrected chi connectivity index (χ1v) is 7.27. The number of nitrogens with one attached hydrogen (secondary N) is 1. The van der Waals surface area contributed by atoms with Gasteiger partial charge >= 0.3 is 0 Å². The maximum absolute atomic E-state index is 12.2. The van der Waals surface area contributed by atoms with Crippen molar-refractivity contribution in [3.63, 3.8) is 0 Å². The second-order valence-electron chi connectivity index (χ2n) is 5.42. The molecule has 1 fully saturated rings. The number of amides is 1. The molecule has 106 valence electrons. The SMILES string of the molecule is CCC(C)NC(=O)C(C)N1CCCCCC1CO. The van der Waals surface area contributed by atoms with Gasteiger partial charge in [-0.1, -0.05) is 19.8 Å². The smallest absolute Gasteiger partial charge is 0.237 e. The van der Waals surface area contributed by atoms with Crippen LogP contribution in [-0.4, -0.2) is 47.2 Å². The van der Waals surface area contributed by atoms with Gasteiger partial charge in [0, 0.05) is 12.1 Å². The first-order chi connectivity index (χ1) is 8.60. The Hall–Kier alpha value is -0.610. The third-order valence-corrected chi connectivity index (χ3v) is 4.01. The zero-order valence-electron chi connectivity index (χ0n) is 12.0. The monoisotopic (exact) mass is 256 g/mol. The Kier molecular flexibility index (Phi) is 6.65. The summed E-state index contributed by atoms with van der Waals surface area (Å²) in [7, 11) is 0. The molecule has 4 nitrogen and oxygen atoms in total. The van der Waals surface area contributed by atoms with Crippen molar-refractivity contribution in [1.82, 2.24) is 10.2 Å². The van der Waals surface area contributed by atoms with Crippen LogP contribution in [-0.2, 0) is 4.79 Å². The minimum Gasteiger partial charge on any atom is -0.395 e. The molecule has 18 heavy (non-hydrogen) atoms. The number of aliphatic hydroxyl groups is 1. The van der Waals surface area contributed by atoms with Crippen molar-refractivity contribution >= 4 is 5.91 Å². The van der Waals surface area contributed by atoms with Gasteiger partial charge in [-0.05, 0) is 39.7 Å². The summed E-state index contributed by atoms with van der Waals surface area (Å²) in [6.07, 6.45) is 5.42. The van der Waals surface area contributed by atoms with Gasteiger partial charge in [-0.2, -0.15) is 0 Å². The zero-order valence-corrected chi connectivity index (χ0v) is 12.0. The van der Waals surface area contributed by atoms with Crippen LogP contribution in [0.15, 0.2) is 0 Å². The van der Waals surface area contributed by atoms with E-state index in [0.29, 0.717) is 0 Å². The van der Waals surface area contributed by atoms with Gasteiger partial charge in [-0.15, -0.1) is 0 Å². The highest BCUT2D eigenvalue weighted by molar-refractivity contribution is 5.81. The molecule has 1 amide bonds. The van der Waals surface area contributed by atoms with Gasteiger partial charge in [-0.25, -0.2) is 0 Å². The summed E-state index contributed by atoms with van der Waals surface area (Å²) in [6.45, 7) is 7.11. The molecule has 0 radical (unpaired) electrons. The largest absolute Gasteiger partial charge is 0.395 e. The average Bonchev–Trinajstić information content (AvgIpc) is 2.62. The van der Waals surface area contributed by atoms with Crippen LogP contribution in [0.2, 0.25) is 0 Å². The van der Waals surface area contributed by atoms with Crippen molar-refractivity contribution < 1.29 is 9.90 Å². The second kappa shape index (κ2) is 7.74. The molecule has 2 N–H and O–H groups in total. The highest BCUT2D eigenvalue weighted by atomic mass is 16.3. The van der Waals surface area contributed by atoms with Gasteiger partial charge in [0.05, 0.1) is 12.6 Å². The molecule has 0 saturated carbocycles. The minimum atomic E-state index is -0.144. The molecule has 0 spiro atoms. The van der Waals surface area contributed by atoms with E-state index in [1.807, 2.05) is 13.8 Å². The number of rotatable bonds is 5. The van der Waals surface area contributed by atoms with Crippen LogP contribution in [0.3, 0.4) is 0 Å². The maximum Gasteiger partial charge on any atom is 0.237 e. The lowest BCUT2D eigenvalue weighted by Crippen LogP contribution is -2.52. The number of carbonyl (C=O) groups excluding carboxylic acids is 1. The van der Waals surface area contributed by atoms with E-state index >= 15 is 0 Å². The molecular formula is C14H28N2O2. The highest BCUT2D eigenvalue weighted by Crippen LogP contribution is 2.19. The number of hydrogen-bond donors (Lipinski definition) is 2. The molecule has 4 heteroatoms. The van der Waals surface area contributed by atoms with Crippen LogP contribution in [0.1, 0.15) is 52.9 Å². The fourth-order valence-electron chi connectivity index (χ4n) is 2.52. The van der Waals surface area contributed by atoms with Crippen LogP contribution in [0.4, 0.5) is 0 Å². The quantitative estimate of drug-likeness (QED) is 0.784. The third-order valence-electron chi connectivity index (χ3n) is 4.01. The van der Waals surface area contributed by atoms with E-state index < -0.39 is 0 Å². The van der Waals surface area contributed by atoms with Crippen molar-refractivity contribution in [2.24, 2.45) is 0 Å². The van der Waals surface area contributed by atoms with Crippen LogP contribution in [0.5, 0.6) is 0 Å². The average molecular weight is 256 g/mol. The van der Waals surface area contributed by atoms with Gasteiger partial charge in [-0.3, -0.25) is 9.69 Å². The van der Waals surface area contributed by atoms with Gasteiger partial charge in [0.2, 0.25) is 5.91 Å². The summed E-state index contributed by atoms with van der Waals surface area (Å²) in [5, 5.41) is 12.5. The molecular weight excluding hydrogens is 228 g/mol. The summed E-state index contributed by atoms with van der Waals surface area (Å²) in [5.41, 5.74) is 0. The molecule has 3 atom stereocenters. The molecule has 1 aliphatic heterocycles. The molecule has 3 unspecified atom stereocenters. The highest BCUT2D eigenvalue weighted by Gasteiger charge is 2.29. The molecule has 1 aliphatic rings. The second-order valence-corrected chi connectivity index (χ2v) is 5.42. The van der Waals surface area contributed by atoms with E-state index in [1.165, 1.54) is 6.42 Å². The molecule has 0 aromatic carbocycles. The van der Waals surface area contributed by atoms with Crippen molar-refractivity contribution in [1.29, 1.82) is 0 Å². The number of nitrogens with zero attached hydrogens (tertiary/aromatic N) is 1. The summed E-state index contributed by atoms with van der Waals surface area (Å²) < 4.78 is 0. The van der Waals surface area contributed by atoms with E-state index in [9.17, 15) is 9.90 Å². The zero-order chi connectivity index (χ0) is 13.5. The molecule has 0 aromatic rings. The lowest BCUT2D eigenvalue weighted by molar-refractivity contribution is -0.127. The molecule has 0 bridgehead atoms. The molecule has 0 aromatic heterocycles. The summed E-state index contributed by atoms with van der Waals surface area (Å²) >= 11 is 0. The minimum absolute atomic E-state index is 0.0877. The number of likely N-dealkylation sites (tertiary alicyclic amines) is 1. The number of aliphatic hydroxyl groups excluding tert-OH is 1. The van der Waals surface area contributed by atoms with Crippen molar-refractivity contribution in [2.75, 3.05) is 13.2 Å². The van der Waals surface area contributed by atoms with E-state index in [-0.39, 0.29) is 30.6 Å². The summed E-state index contributed by atoms with van der Waals surface area (Å²) in [5.74, 6) is 0.0877. The Labute approximate surface area is 111 Å². The van der Waals surface area contributed by atoms with Crippen LogP contribution in [0.25, 0.3) is 0 Å². The molecule has 1 heterocycles. The fourth-order valence-corrected chi connectivity index (χ4v) is 2.52. The first kappa shape index (κ1) is 15.4. The first-order valence-electron chi connectivity index (χ1n) is 7.27. The maximum atomic E-state index is 12.2. The predicted octanol–water partition coefficient (Wildman–Crippen LogP) is 1.53. The van der Waals surface area contributed by atoms with Crippen molar-refractivity contribution in [3.05, 3.63) is 0 Å². The predicted molar refractivity (Wildman–Crippen MR) is 73.4 cm³/mol. The third kappa shape index (κ3) is 4.25. The molecule has 1 saturated heterocycles. The fraction of sp³-hybridized carbons (Fsp3) is 0.929. The van der Waals surface area contributed by atoms with Crippen LogP contribution >= 0.6 is 0 Å². The van der Waals surface area contributed by atoms with Gasteiger partial charge in [0.1, 0.15) is 0 Å². The summed E-state index contributed by atoms with van der Waals surface area (Å²) in [6, 6.07) is 0.221. The van der Waals surface area contributed by atoms with Crippen LogP contribution in [0, 0.1) is 0 Å². The van der Waals surface area contributed by atoms with E-state index in [2.05, 4.69) is 17.1 Å². The lowest BCUT2D eigenvalue weighted by Gasteiger charge is -2.33. The number of carbonyl (C=O) groups is 1. The van der Waals surface area contributed by atoms with E-state index in [1.54, 1.807) is 0 Å². The molecule has 0 aliphatic carbocycles. The Morgan fingerprint density at radius 3 is 2.72 bits per heavy atom. The Bertz CT molecular complexity index is 258. The van der Waals surface area contributed by atoms with Gasteiger partial charge in [0.25, 0.3) is 0 Å². The lowest BCUT2D eigenvalue weighted by atomic mass is 10.1.